The minimum absolute atomic E-state index is 0.776. The van der Waals surface area contributed by atoms with Gasteiger partial charge in [0, 0.05) is 25.3 Å². The Morgan fingerprint density at radius 2 is 1.78 bits per heavy atom. The SMILES string of the molecule is CNCCCN(C)c1cc(OC)c(OC)cc1C. The van der Waals surface area contributed by atoms with Gasteiger partial charge in [-0.3, -0.25) is 0 Å². The van der Waals surface area contributed by atoms with Crippen LogP contribution in [0.4, 0.5) is 5.69 Å². The Morgan fingerprint density at radius 1 is 1.17 bits per heavy atom. The van der Waals surface area contributed by atoms with E-state index < -0.39 is 0 Å². The second-order valence-electron chi connectivity index (χ2n) is 4.37. The van der Waals surface area contributed by atoms with Crippen LogP contribution in [-0.2, 0) is 0 Å². The van der Waals surface area contributed by atoms with Gasteiger partial charge in [0.05, 0.1) is 14.2 Å². The molecule has 18 heavy (non-hydrogen) atoms. The molecular weight excluding hydrogens is 228 g/mol. The molecule has 1 N–H and O–H groups in total. The Bertz CT molecular complexity index is 380. The van der Waals surface area contributed by atoms with E-state index in [-0.39, 0.29) is 0 Å². The number of nitrogens with zero attached hydrogens (tertiary/aromatic N) is 1. The van der Waals surface area contributed by atoms with Crippen LogP contribution in [0.15, 0.2) is 12.1 Å². The van der Waals surface area contributed by atoms with Crippen molar-refractivity contribution in [1.82, 2.24) is 5.32 Å². The van der Waals surface area contributed by atoms with E-state index in [0.717, 1.165) is 31.0 Å². The van der Waals surface area contributed by atoms with Crippen molar-refractivity contribution in [2.75, 3.05) is 46.3 Å². The Kier molecular flexibility index (Phi) is 5.78. The van der Waals surface area contributed by atoms with E-state index in [1.807, 2.05) is 19.2 Å². The van der Waals surface area contributed by atoms with Crippen molar-refractivity contribution < 1.29 is 9.47 Å². The number of anilines is 1. The van der Waals surface area contributed by atoms with Crippen molar-refractivity contribution in [2.45, 2.75) is 13.3 Å². The fourth-order valence-electron chi connectivity index (χ4n) is 1.99. The molecule has 0 heterocycles. The molecule has 1 aromatic carbocycles. The van der Waals surface area contributed by atoms with Crippen LogP contribution >= 0.6 is 0 Å². The molecule has 0 amide bonds. The van der Waals surface area contributed by atoms with Crippen LogP contribution in [-0.4, -0.2) is 41.4 Å². The highest BCUT2D eigenvalue weighted by Gasteiger charge is 2.11. The van der Waals surface area contributed by atoms with Crippen LogP contribution in [0, 0.1) is 6.92 Å². The van der Waals surface area contributed by atoms with Crippen LogP contribution in [0.25, 0.3) is 0 Å². The maximum Gasteiger partial charge on any atom is 0.162 e. The highest BCUT2D eigenvalue weighted by molar-refractivity contribution is 5.61. The van der Waals surface area contributed by atoms with Gasteiger partial charge < -0.3 is 19.7 Å². The van der Waals surface area contributed by atoms with E-state index in [9.17, 15) is 0 Å². The summed E-state index contributed by atoms with van der Waals surface area (Å²) in [6, 6.07) is 4.05. The molecule has 102 valence electrons. The minimum atomic E-state index is 0.776. The first-order valence-electron chi connectivity index (χ1n) is 6.22. The van der Waals surface area contributed by atoms with Crippen LogP contribution < -0.4 is 19.7 Å². The maximum atomic E-state index is 5.34. The Morgan fingerprint density at radius 3 is 2.33 bits per heavy atom. The third-order valence-corrected chi connectivity index (χ3v) is 3.03. The van der Waals surface area contributed by atoms with Crippen LogP contribution in [0.1, 0.15) is 12.0 Å². The predicted molar refractivity (Wildman–Crippen MR) is 76.1 cm³/mol. The average molecular weight is 252 g/mol. The lowest BCUT2D eigenvalue weighted by Crippen LogP contribution is -2.23. The molecule has 0 radical (unpaired) electrons. The van der Waals surface area contributed by atoms with Gasteiger partial charge in [-0.05, 0) is 38.6 Å². The van der Waals surface area contributed by atoms with Gasteiger partial charge in [-0.25, -0.2) is 0 Å². The second kappa shape index (κ2) is 7.11. The van der Waals surface area contributed by atoms with Gasteiger partial charge in [0.25, 0.3) is 0 Å². The highest BCUT2D eigenvalue weighted by atomic mass is 16.5. The molecule has 1 aromatic rings. The van der Waals surface area contributed by atoms with E-state index in [4.69, 9.17) is 9.47 Å². The van der Waals surface area contributed by atoms with Crippen molar-refractivity contribution >= 4 is 5.69 Å². The molecule has 0 fully saturated rings. The van der Waals surface area contributed by atoms with Crippen molar-refractivity contribution in [3.8, 4) is 11.5 Å². The summed E-state index contributed by atoms with van der Waals surface area (Å²) in [6.07, 6.45) is 1.11. The third kappa shape index (κ3) is 3.53. The summed E-state index contributed by atoms with van der Waals surface area (Å²) in [5, 5.41) is 3.16. The molecule has 0 aliphatic rings. The number of nitrogens with one attached hydrogen (secondary N) is 1. The minimum Gasteiger partial charge on any atom is -0.493 e. The van der Waals surface area contributed by atoms with Gasteiger partial charge in [0.1, 0.15) is 0 Å². The zero-order valence-electron chi connectivity index (χ0n) is 12.0. The molecule has 0 spiro atoms. The van der Waals surface area contributed by atoms with Crippen LogP contribution in [0.3, 0.4) is 0 Å². The average Bonchev–Trinajstić information content (AvgIpc) is 2.38. The number of hydrogen-bond donors (Lipinski definition) is 1. The molecule has 0 unspecified atom stereocenters. The topological polar surface area (TPSA) is 33.7 Å². The first-order valence-corrected chi connectivity index (χ1v) is 6.22. The quantitative estimate of drug-likeness (QED) is 0.753. The summed E-state index contributed by atoms with van der Waals surface area (Å²) in [5.41, 5.74) is 2.38. The van der Waals surface area contributed by atoms with E-state index in [2.05, 4.69) is 24.2 Å². The summed E-state index contributed by atoms with van der Waals surface area (Å²) in [7, 11) is 7.40. The zero-order chi connectivity index (χ0) is 13.5. The second-order valence-corrected chi connectivity index (χ2v) is 4.37. The molecule has 0 saturated carbocycles. The third-order valence-electron chi connectivity index (χ3n) is 3.03. The zero-order valence-corrected chi connectivity index (χ0v) is 12.0. The highest BCUT2D eigenvalue weighted by Crippen LogP contribution is 2.34. The van der Waals surface area contributed by atoms with Gasteiger partial charge in [-0.1, -0.05) is 0 Å². The normalized spacial score (nSPS) is 10.3. The van der Waals surface area contributed by atoms with E-state index >= 15 is 0 Å². The van der Waals surface area contributed by atoms with Crippen LogP contribution in [0.2, 0.25) is 0 Å². The van der Waals surface area contributed by atoms with Gasteiger partial charge >= 0.3 is 0 Å². The molecular formula is C14H24N2O2. The molecule has 1 rings (SSSR count). The van der Waals surface area contributed by atoms with E-state index in [0.29, 0.717) is 0 Å². The van der Waals surface area contributed by atoms with Crippen molar-refractivity contribution in [2.24, 2.45) is 0 Å². The lowest BCUT2D eigenvalue weighted by molar-refractivity contribution is 0.354. The predicted octanol–water partition coefficient (Wildman–Crippen LogP) is 2.06. The molecule has 0 aliphatic carbocycles. The lowest BCUT2D eigenvalue weighted by atomic mass is 10.1. The Labute approximate surface area is 110 Å². The molecule has 4 heteroatoms. The number of aryl methyl sites for hydroxylation is 1. The number of benzene rings is 1. The molecule has 0 bridgehead atoms. The molecule has 0 aliphatic heterocycles. The van der Waals surface area contributed by atoms with Gasteiger partial charge in [-0.2, -0.15) is 0 Å². The van der Waals surface area contributed by atoms with E-state index in [1.54, 1.807) is 14.2 Å². The summed E-state index contributed by atoms with van der Waals surface area (Å²) in [6.45, 7) is 4.12. The van der Waals surface area contributed by atoms with Gasteiger partial charge in [0.15, 0.2) is 11.5 Å². The standard InChI is InChI=1S/C14H24N2O2/c1-11-9-13(17-4)14(18-5)10-12(11)16(3)8-6-7-15-2/h9-10,15H,6-8H2,1-5H3. The smallest absolute Gasteiger partial charge is 0.162 e. The molecule has 0 saturated heterocycles. The molecule has 0 aromatic heterocycles. The fraction of sp³-hybridized carbons (Fsp3) is 0.571. The van der Waals surface area contributed by atoms with Crippen LogP contribution in [0.5, 0.6) is 11.5 Å². The maximum absolute atomic E-state index is 5.34. The number of ether oxygens (including phenoxy) is 2. The molecule has 0 atom stereocenters. The Balaban J connectivity index is 2.87. The summed E-state index contributed by atoms with van der Waals surface area (Å²) < 4.78 is 10.6. The molecule has 4 nitrogen and oxygen atoms in total. The first kappa shape index (κ1) is 14.6. The van der Waals surface area contributed by atoms with E-state index in [1.165, 1.54) is 11.3 Å². The monoisotopic (exact) mass is 252 g/mol. The van der Waals surface area contributed by atoms with Crippen molar-refractivity contribution in [1.29, 1.82) is 0 Å². The largest absolute Gasteiger partial charge is 0.493 e. The number of rotatable bonds is 7. The van der Waals surface area contributed by atoms with Crippen molar-refractivity contribution in [3.63, 3.8) is 0 Å². The number of hydrogen-bond acceptors (Lipinski definition) is 4. The Hall–Kier alpha value is -1.42. The van der Waals surface area contributed by atoms with Gasteiger partial charge in [0.2, 0.25) is 0 Å². The van der Waals surface area contributed by atoms with Crippen molar-refractivity contribution in [3.05, 3.63) is 17.7 Å². The lowest BCUT2D eigenvalue weighted by Gasteiger charge is -2.23. The summed E-state index contributed by atoms with van der Waals surface area (Å²) in [4.78, 5) is 2.24. The summed E-state index contributed by atoms with van der Waals surface area (Å²) >= 11 is 0. The van der Waals surface area contributed by atoms with Gasteiger partial charge in [-0.15, -0.1) is 0 Å². The number of methoxy groups -OCH3 is 2. The first-order chi connectivity index (χ1) is 8.63. The fourth-order valence-corrected chi connectivity index (χ4v) is 1.99. The summed E-state index contributed by atoms with van der Waals surface area (Å²) in [5.74, 6) is 1.56.